The van der Waals surface area contributed by atoms with Crippen LogP contribution >= 0.6 is 0 Å². The van der Waals surface area contributed by atoms with Crippen molar-refractivity contribution < 1.29 is 26.7 Å². The van der Waals surface area contributed by atoms with E-state index in [9.17, 15) is 22.0 Å². The molecule has 1 rings (SSSR count). The van der Waals surface area contributed by atoms with Crippen molar-refractivity contribution in [1.29, 1.82) is 0 Å². The summed E-state index contributed by atoms with van der Waals surface area (Å²) in [7, 11) is 0. The van der Waals surface area contributed by atoms with E-state index in [2.05, 4.69) is 14.7 Å². The maximum atomic E-state index is 12.6. The lowest BCUT2D eigenvalue weighted by molar-refractivity contribution is -0.290. The highest BCUT2D eigenvalue weighted by atomic mass is 19.4. The van der Waals surface area contributed by atoms with Crippen molar-refractivity contribution in [3.05, 3.63) is 11.9 Å². The fourth-order valence-corrected chi connectivity index (χ4v) is 0.971. The fourth-order valence-electron chi connectivity index (χ4n) is 0.971. The number of hydrogen-bond donors (Lipinski definition) is 1. The van der Waals surface area contributed by atoms with Gasteiger partial charge in [-0.2, -0.15) is 26.9 Å². The van der Waals surface area contributed by atoms with E-state index in [1.54, 1.807) is 6.92 Å². The molecule has 0 aliphatic rings. The van der Waals surface area contributed by atoms with Gasteiger partial charge >= 0.3 is 12.1 Å². The van der Waals surface area contributed by atoms with E-state index >= 15 is 0 Å². The standard InChI is InChI=1S/C9H10F5N3O/c1-2-6-16-5(15)3-7(17-6)18-4-8(10,11)9(12,13)14/h3H,2,4H2,1H3,(H2,15,16,17). The van der Waals surface area contributed by atoms with Crippen LogP contribution in [-0.4, -0.2) is 28.7 Å². The normalized spacial score (nSPS) is 12.6. The molecule has 0 amide bonds. The third-order valence-corrected chi connectivity index (χ3v) is 1.90. The zero-order chi connectivity index (χ0) is 14.0. The zero-order valence-corrected chi connectivity index (χ0v) is 9.26. The first-order valence-electron chi connectivity index (χ1n) is 4.86. The van der Waals surface area contributed by atoms with E-state index in [0.717, 1.165) is 6.07 Å². The molecule has 0 spiro atoms. The summed E-state index contributed by atoms with van der Waals surface area (Å²) in [5.74, 6) is -5.23. The average molecular weight is 271 g/mol. The van der Waals surface area contributed by atoms with Crippen LogP contribution < -0.4 is 10.5 Å². The van der Waals surface area contributed by atoms with E-state index in [1.165, 1.54) is 0 Å². The van der Waals surface area contributed by atoms with Crippen LogP contribution in [0, 0.1) is 0 Å². The van der Waals surface area contributed by atoms with Gasteiger partial charge in [0.25, 0.3) is 0 Å². The van der Waals surface area contributed by atoms with Gasteiger partial charge in [0.15, 0.2) is 6.61 Å². The Morgan fingerprint density at radius 3 is 2.33 bits per heavy atom. The summed E-state index contributed by atoms with van der Waals surface area (Å²) in [5, 5.41) is 0. The summed E-state index contributed by atoms with van der Waals surface area (Å²) in [6, 6.07) is 0.978. The largest absolute Gasteiger partial charge is 0.471 e. The highest BCUT2D eigenvalue weighted by molar-refractivity contribution is 5.32. The Bertz CT molecular complexity index is 421. The first-order valence-corrected chi connectivity index (χ1v) is 4.86. The van der Waals surface area contributed by atoms with Gasteiger partial charge in [-0.25, -0.2) is 4.98 Å². The molecule has 4 nitrogen and oxygen atoms in total. The Morgan fingerprint density at radius 1 is 1.22 bits per heavy atom. The number of halogens is 5. The molecule has 9 heteroatoms. The molecule has 0 atom stereocenters. The number of nitrogens with zero attached hydrogens (tertiary/aromatic N) is 2. The molecule has 2 N–H and O–H groups in total. The van der Waals surface area contributed by atoms with Gasteiger partial charge in [-0.05, 0) is 0 Å². The van der Waals surface area contributed by atoms with E-state index in [1.807, 2.05) is 0 Å². The zero-order valence-electron chi connectivity index (χ0n) is 9.26. The summed E-state index contributed by atoms with van der Waals surface area (Å²) in [5.41, 5.74) is 5.32. The maximum absolute atomic E-state index is 12.6. The number of aromatic nitrogens is 2. The number of anilines is 1. The highest BCUT2D eigenvalue weighted by Gasteiger charge is 2.58. The molecular formula is C9H10F5N3O. The second kappa shape index (κ2) is 4.91. The third kappa shape index (κ3) is 3.41. The van der Waals surface area contributed by atoms with Crippen LogP contribution in [0.5, 0.6) is 5.88 Å². The van der Waals surface area contributed by atoms with Crippen LogP contribution in [0.1, 0.15) is 12.7 Å². The fraction of sp³-hybridized carbons (Fsp3) is 0.556. The average Bonchev–Trinajstić information content (AvgIpc) is 2.24. The van der Waals surface area contributed by atoms with Crippen molar-refractivity contribution in [1.82, 2.24) is 9.97 Å². The first-order chi connectivity index (χ1) is 8.15. The van der Waals surface area contributed by atoms with Crippen molar-refractivity contribution in [2.75, 3.05) is 12.3 Å². The van der Waals surface area contributed by atoms with E-state index < -0.39 is 24.6 Å². The molecule has 0 radical (unpaired) electrons. The number of alkyl halides is 5. The lowest BCUT2D eigenvalue weighted by Crippen LogP contribution is -2.41. The molecule has 0 fully saturated rings. The quantitative estimate of drug-likeness (QED) is 0.853. The van der Waals surface area contributed by atoms with Crippen molar-refractivity contribution in [2.45, 2.75) is 25.4 Å². The lowest BCUT2D eigenvalue weighted by atomic mass is 10.3. The minimum atomic E-state index is -5.67. The smallest absolute Gasteiger partial charge is 0.456 e. The molecule has 0 saturated heterocycles. The molecule has 102 valence electrons. The van der Waals surface area contributed by atoms with Gasteiger partial charge in [-0.1, -0.05) is 6.92 Å². The van der Waals surface area contributed by atoms with Gasteiger partial charge in [0, 0.05) is 12.5 Å². The molecule has 0 aliphatic heterocycles. The summed E-state index contributed by atoms with van der Waals surface area (Å²) in [6.45, 7) is -0.182. The van der Waals surface area contributed by atoms with Crippen LogP contribution in [-0.2, 0) is 6.42 Å². The van der Waals surface area contributed by atoms with Crippen molar-refractivity contribution in [2.24, 2.45) is 0 Å². The van der Waals surface area contributed by atoms with E-state index in [4.69, 9.17) is 5.73 Å². The highest BCUT2D eigenvalue weighted by Crippen LogP contribution is 2.35. The van der Waals surface area contributed by atoms with Gasteiger partial charge in [-0.3, -0.25) is 0 Å². The molecule has 0 bridgehead atoms. The topological polar surface area (TPSA) is 61.0 Å². The molecule has 1 heterocycles. The Hall–Kier alpha value is -1.67. The first kappa shape index (κ1) is 14.4. The number of rotatable bonds is 4. The van der Waals surface area contributed by atoms with Crippen LogP contribution in [0.25, 0.3) is 0 Å². The Kier molecular flexibility index (Phi) is 3.92. The van der Waals surface area contributed by atoms with Gasteiger partial charge in [0.2, 0.25) is 5.88 Å². The minimum absolute atomic E-state index is 0.0628. The molecule has 0 unspecified atom stereocenters. The van der Waals surface area contributed by atoms with Gasteiger partial charge in [0.1, 0.15) is 11.6 Å². The van der Waals surface area contributed by atoms with E-state index in [0.29, 0.717) is 6.42 Å². The lowest BCUT2D eigenvalue weighted by Gasteiger charge is -2.19. The van der Waals surface area contributed by atoms with Crippen molar-refractivity contribution in [3.63, 3.8) is 0 Å². The monoisotopic (exact) mass is 271 g/mol. The number of nitrogen functional groups attached to an aromatic ring is 1. The predicted molar refractivity (Wildman–Crippen MR) is 52.3 cm³/mol. The molecular weight excluding hydrogens is 261 g/mol. The summed E-state index contributed by atoms with van der Waals surface area (Å²) < 4.78 is 65.1. The molecule has 1 aromatic rings. The van der Waals surface area contributed by atoms with E-state index in [-0.39, 0.29) is 11.6 Å². The predicted octanol–water partition coefficient (Wildman–Crippen LogP) is 2.20. The number of ether oxygens (including phenoxy) is 1. The Balaban J connectivity index is 2.78. The summed E-state index contributed by atoms with van der Waals surface area (Å²) in [4.78, 5) is 7.35. The number of hydrogen-bond acceptors (Lipinski definition) is 4. The van der Waals surface area contributed by atoms with Crippen LogP contribution in [0.15, 0.2) is 6.07 Å². The number of nitrogens with two attached hydrogens (primary N) is 1. The third-order valence-electron chi connectivity index (χ3n) is 1.90. The molecule has 0 aromatic carbocycles. The van der Waals surface area contributed by atoms with Gasteiger partial charge in [-0.15, -0.1) is 0 Å². The molecule has 1 aromatic heterocycles. The molecule has 18 heavy (non-hydrogen) atoms. The van der Waals surface area contributed by atoms with Crippen LogP contribution in [0.3, 0.4) is 0 Å². The summed E-state index contributed by atoms with van der Waals surface area (Å²) in [6.07, 6.45) is -5.32. The van der Waals surface area contributed by atoms with Gasteiger partial charge in [0.05, 0.1) is 0 Å². The Labute approximate surface area is 99.0 Å². The van der Waals surface area contributed by atoms with Crippen molar-refractivity contribution >= 4 is 5.82 Å². The SMILES string of the molecule is CCc1nc(N)cc(OCC(F)(F)C(F)(F)F)n1. The number of aryl methyl sites for hydroxylation is 1. The molecule has 0 saturated carbocycles. The molecule has 0 aliphatic carbocycles. The minimum Gasteiger partial charge on any atom is -0.471 e. The Morgan fingerprint density at radius 2 is 1.83 bits per heavy atom. The maximum Gasteiger partial charge on any atom is 0.456 e. The van der Waals surface area contributed by atoms with Crippen LogP contribution in [0.4, 0.5) is 27.8 Å². The second-order valence-electron chi connectivity index (χ2n) is 3.39. The second-order valence-corrected chi connectivity index (χ2v) is 3.39. The van der Waals surface area contributed by atoms with Crippen LogP contribution in [0.2, 0.25) is 0 Å². The van der Waals surface area contributed by atoms with Gasteiger partial charge < -0.3 is 10.5 Å². The van der Waals surface area contributed by atoms with Crippen molar-refractivity contribution in [3.8, 4) is 5.88 Å². The summed E-state index contributed by atoms with van der Waals surface area (Å²) >= 11 is 0.